The van der Waals surface area contributed by atoms with Gasteiger partial charge in [0.05, 0.1) is 18.9 Å². The van der Waals surface area contributed by atoms with Gasteiger partial charge in [-0.3, -0.25) is 19.2 Å². The smallest absolute Gasteiger partial charge is 0.339 e. The molecule has 0 amide bonds. The highest BCUT2D eigenvalue weighted by Crippen LogP contribution is 2.79. The number of esters is 4. The first-order valence-electron chi connectivity index (χ1n) is 14.0. The first-order valence-corrected chi connectivity index (χ1v) is 14.0. The van der Waals surface area contributed by atoms with E-state index >= 15 is 0 Å². The van der Waals surface area contributed by atoms with Crippen LogP contribution in [0.2, 0.25) is 0 Å². The van der Waals surface area contributed by atoms with Crippen molar-refractivity contribution in [1.82, 2.24) is 0 Å². The number of carbonyl (C=O) groups is 5. The molecule has 1 aromatic rings. The van der Waals surface area contributed by atoms with E-state index < -0.39 is 87.6 Å². The van der Waals surface area contributed by atoms with Crippen molar-refractivity contribution >= 4 is 29.7 Å². The lowest BCUT2D eigenvalue weighted by atomic mass is 9.36. The van der Waals surface area contributed by atoms with E-state index in [0.29, 0.717) is 5.56 Å². The summed E-state index contributed by atoms with van der Waals surface area (Å²) in [6.07, 6.45) is -0.939. The van der Waals surface area contributed by atoms with Gasteiger partial charge >= 0.3 is 23.9 Å². The van der Waals surface area contributed by atoms with Crippen LogP contribution in [0.25, 0.3) is 0 Å². The highest BCUT2D eigenvalue weighted by atomic mass is 16.7. The normalized spacial score (nSPS) is 45.9. The molecule has 5 aliphatic rings. The Kier molecular flexibility index (Phi) is 5.74. The quantitative estimate of drug-likeness (QED) is 0.299. The fourth-order valence-electron chi connectivity index (χ4n) is 9.72. The molecule has 0 bridgehead atoms. The summed E-state index contributed by atoms with van der Waals surface area (Å²) < 4.78 is 35.4. The van der Waals surface area contributed by atoms with Crippen LogP contribution in [0.15, 0.2) is 23.0 Å². The van der Waals surface area contributed by atoms with Gasteiger partial charge in [-0.15, -0.1) is 0 Å². The van der Waals surface area contributed by atoms with Crippen LogP contribution >= 0.6 is 0 Å². The molecule has 11 nitrogen and oxygen atoms in total. The van der Waals surface area contributed by atoms with E-state index in [1.807, 2.05) is 20.8 Å². The van der Waals surface area contributed by atoms with Crippen LogP contribution < -0.4 is 0 Å². The molecule has 0 aromatic carbocycles. The van der Waals surface area contributed by atoms with Crippen LogP contribution in [0.3, 0.4) is 0 Å². The molecule has 222 valence electrons. The van der Waals surface area contributed by atoms with Gasteiger partial charge < -0.3 is 28.1 Å². The third-order valence-electron chi connectivity index (χ3n) is 11.0. The average molecular weight is 573 g/mol. The largest absolute Gasteiger partial charge is 0.472 e. The fraction of sp³-hybridized carbons (Fsp3) is 0.700. The summed E-state index contributed by atoms with van der Waals surface area (Å²) in [6.45, 7) is 11.6. The van der Waals surface area contributed by atoms with E-state index in [0.717, 1.165) is 0 Å². The van der Waals surface area contributed by atoms with Crippen LogP contribution in [0.5, 0.6) is 0 Å². The molecule has 41 heavy (non-hydrogen) atoms. The molecule has 3 aliphatic heterocycles. The van der Waals surface area contributed by atoms with Crippen molar-refractivity contribution in [1.29, 1.82) is 0 Å². The predicted octanol–water partition coefficient (Wildman–Crippen LogP) is 3.23. The Bertz CT molecular complexity index is 1350. The number of ether oxygens (including phenoxy) is 5. The zero-order valence-corrected chi connectivity index (χ0v) is 24.3. The van der Waals surface area contributed by atoms with Crippen LogP contribution in [-0.2, 0) is 47.7 Å². The standard InChI is InChI=1S/C30H36O11/c1-14(31)37-19-11-21(34)40-26(3,4)18-10-20(38-15(2)32)29(7)22(28(18,19)6)17(33)12-27(5)23(16-8-9-36-13-16)39-25(35)24-30(27,29)41-24/h8-9,13,18-20,22-24H,10-12H2,1-7H3/t18-,19-,20+,22+,23-,24+,27-,28+,29+,30-/m0/s1. The summed E-state index contributed by atoms with van der Waals surface area (Å²) in [4.78, 5) is 66.2. The topological polar surface area (TPSA) is 148 Å². The number of furan rings is 1. The first-order chi connectivity index (χ1) is 19.0. The summed E-state index contributed by atoms with van der Waals surface area (Å²) in [5.74, 6) is -3.98. The third kappa shape index (κ3) is 3.38. The van der Waals surface area contributed by atoms with Gasteiger partial charge in [-0.1, -0.05) is 20.8 Å². The maximum atomic E-state index is 14.8. The van der Waals surface area contributed by atoms with Crippen LogP contribution in [0, 0.1) is 28.1 Å². The molecule has 4 heterocycles. The third-order valence-corrected chi connectivity index (χ3v) is 11.0. The van der Waals surface area contributed by atoms with Gasteiger partial charge in [0, 0.05) is 53.9 Å². The van der Waals surface area contributed by atoms with Gasteiger partial charge in [0.15, 0.2) is 6.10 Å². The van der Waals surface area contributed by atoms with Crippen molar-refractivity contribution in [2.45, 2.75) is 103 Å². The fourth-order valence-corrected chi connectivity index (χ4v) is 9.72. The Morgan fingerprint density at radius 3 is 2.22 bits per heavy atom. The van der Waals surface area contributed by atoms with Gasteiger partial charge in [0.2, 0.25) is 0 Å². The summed E-state index contributed by atoms with van der Waals surface area (Å²) >= 11 is 0. The Balaban J connectivity index is 1.61. The number of epoxide rings is 1. The highest BCUT2D eigenvalue weighted by molar-refractivity contribution is 5.91. The summed E-state index contributed by atoms with van der Waals surface area (Å²) in [7, 11) is 0. The summed E-state index contributed by atoms with van der Waals surface area (Å²) in [5, 5.41) is 0. The number of cyclic esters (lactones) is 2. The summed E-state index contributed by atoms with van der Waals surface area (Å²) in [5.41, 5.74) is -5.27. The average Bonchev–Trinajstić information content (AvgIpc) is 3.43. The molecule has 5 fully saturated rings. The van der Waals surface area contributed by atoms with Crippen LogP contribution in [-0.4, -0.2) is 59.2 Å². The molecular weight excluding hydrogens is 536 g/mol. The molecular formula is C30H36O11. The SMILES string of the molecule is CC(=O)O[C@H]1CC(=O)OC(C)(C)[C@@H]2C[C@@H](OC(C)=O)[C@]3(C)[C@H](C(=O)C[C@@]4(C)[C@H](c5ccoc5)OC(=O)[C@H]5O[C@]534)[C@@]12C. The van der Waals surface area contributed by atoms with Crippen molar-refractivity contribution in [2.75, 3.05) is 0 Å². The van der Waals surface area contributed by atoms with Crippen molar-refractivity contribution in [3.8, 4) is 0 Å². The molecule has 2 saturated carbocycles. The number of carbonyl (C=O) groups excluding carboxylic acids is 5. The Morgan fingerprint density at radius 2 is 1.61 bits per heavy atom. The van der Waals surface area contributed by atoms with E-state index in [1.54, 1.807) is 19.9 Å². The molecule has 1 spiro atoms. The van der Waals surface area contributed by atoms with E-state index in [1.165, 1.54) is 26.4 Å². The zero-order chi connectivity index (χ0) is 29.9. The van der Waals surface area contributed by atoms with Crippen LogP contribution in [0.4, 0.5) is 0 Å². The molecule has 11 heteroatoms. The van der Waals surface area contributed by atoms with Crippen LogP contribution in [0.1, 0.15) is 79.4 Å². The Morgan fingerprint density at radius 1 is 0.951 bits per heavy atom. The van der Waals surface area contributed by atoms with Gasteiger partial charge in [-0.25, -0.2) is 4.79 Å². The number of rotatable bonds is 3. The number of Topliss-reactive ketones (excluding diaryl/α,β-unsaturated/α-hetero) is 1. The molecule has 0 radical (unpaired) electrons. The lowest BCUT2D eigenvalue weighted by Gasteiger charge is -2.67. The monoisotopic (exact) mass is 572 g/mol. The van der Waals surface area contributed by atoms with Gasteiger partial charge in [0.25, 0.3) is 0 Å². The lowest BCUT2D eigenvalue weighted by Crippen LogP contribution is -2.76. The first kappa shape index (κ1) is 27.9. The lowest BCUT2D eigenvalue weighted by molar-refractivity contribution is -0.265. The molecule has 0 unspecified atom stereocenters. The van der Waals surface area contributed by atoms with E-state index in [9.17, 15) is 24.0 Å². The second-order valence-corrected chi connectivity index (χ2v) is 13.5. The van der Waals surface area contributed by atoms with Crippen molar-refractivity contribution in [2.24, 2.45) is 28.1 Å². The second-order valence-electron chi connectivity index (χ2n) is 13.5. The minimum absolute atomic E-state index is 0.0377. The highest BCUT2D eigenvalue weighted by Gasteiger charge is 2.90. The minimum atomic E-state index is -1.28. The summed E-state index contributed by atoms with van der Waals surface area (Å²) in [6, 6.07) is 1.69. The van der Waals surface area contributed by atoms with E-state index in [4.69, 9.17) is 28.1 Å². The molecule has 10 atom stereocenters. The molecule has 2 aliphatic carbocycles. The van der Waals surface area contributed by atoms with Gasteiger partial charge in [-0.2, -0.15) is 0 Å². The Labute approximate surface area is 237 Å². The van der Waals surface area contributed by atoms with Gasteiger partial charge in [0.1, 0.15) is 35.3 Å². The molecule has 3 saturated heterocycles. The van der Waals surface area contributed by atoms with Gasteiger partial charge in [-0.05, 0) is 26.3 Å². The number of hydrogen-bond acceptors (Lipinski definition) is 11. The van der Waals surface area contributed by atoms with Crippen molar-refractivity contribution in [3.63, 3.8) is 0 Å². The number of ketones is 1. The molecule has 0 N–H and O–H groups in total. The maximum Gasteiger partial charge on any atom is 0.339 e. The van der Waals surface area contributed by atoms with Crippen molar-refractivity contribution in [3.05, 3.63) is 24.2 Å². The second kappa shape index (κ2) is 8.42. The number of hydrogen-bond donors (Lipinski definition) is 0. The van der Waals surface area contributed by atoms with E-state index in [2.05, 4.69) is 0 Å². The van der Waals surface area contributed by atoms with E-state index in [-0.39, 0.29) is 25.0 Å². The maximum absolute atomic E-state index is 14.8. The number of fused-ring (bicyclic) bond motifs is 3. The Hall–Kier alpha value is -3.21. The minimum Gasteiger partial charge on any atom is -0.472 e. The zero-order valence-electron chi connectivity index (χ0n) is 24.3. The predicted molar refractivity (Wildman–Crippen MR) is 137 cm³/mol. The molecule has 1 aromatic heterocycles. The molecule has 6 rings (SSSR count). The van der Waals surface area contributed by atoms with Crippen molar-refractivity contribution < 1.29 is 52.1 Å².